The second kappa shape index (κ2) is 9.76. The summed E-state index contributed by atoms with van der Waals surface area (Å²) in [5, 5.41) is 6.17. The Morgan fingerprint density at radius 1 is 1.38 bits per heavy atom. The van der Waals surface area contributed by atoms with Crippen molar-refractivity contribution in [2.75, 3.05) is 33.4 Å². The summed E-state index contributed by atoms with van der Waals surface area (Å²) in [7, 11) is 1.65. The molecule has 1 saturated heterocycles. The molecule has 5 nitrogen and oxygen atoms in total. The number of piperidine rings is 1. The number of benzene rings is 1. The third-order valence-corrected chi connectivity index (χ3v) is 4.06. The second-order valence-corrected chi connectivity index (χ2v) is 5.77. The van der Waals surface area contributed by atoms with Crippen molar-refractivity contribution in [3.05, 3.63) is 29.8 Å². The zero-order valence-corrected chi connectivity index (χ0v) is 14.3. The predicted molar refractivity (Wildman–Crippen MR) is 89.1 cm³/mol. The maximum absolute atomic E-state index is 12.3. The van der Waals surface area contributed by atoms with Crippen molar-refractivity contribution in [2.24, 2.45) is 5.41 Å². The smallest absolute Gasteiger partial charge is 0.387 e. The van der Waals surface area contributed by atoms with Crippen molar-refractivity contribution in [3.63, 3.8) is 0 Å². The van der Waals surface area contributed by atoms with E-state index in [4.69, 9.17) is 4.74 Å². The van der Waals surface area contributed by atoms with E-state index in [0.717, 1.165) is 25.9 Å². The van der Waals surface area contributed by atoms with Gasteiger partial charge in [0.15, 0.2) is 0 Å². The highest BCUT2D eigenvalue weighted by Crippen LogP contribution is 2.28. The van der Waals surface area contributed by atoms with Crippen molar-refractivity contribution >= 4 is 18.3 Å². The highest BCUT2D eigenvalue weighted by atomic mass is 35.5. The van der Waals surface area contributed by atoms with E-state index in [1.165, 1.54) is 18.2 Å². The molecule has 0 aliphatic carbocycles. The molecule has 1 aromatic carbocycles. The van der Waals surface area contributed by atoms with Crippen molar-refractivity contribution in [2.45, 2.75) is 19.5 Å². The van der Waals surface area contributed by atoms with Crippen LogP contribution in [-0.4, -0.2) is 45.9 Å². The van der Waals surface area contributed by atoms with E-state index in [1.807, 2.05) is 0 Å². The Balaban J connectivity index is 0.00000288. The zero-order chi connectivity index (χ0) is 16.7. The average molecular weight is 365 g/mol. The lowest BCUT2D eigenvalue weighted by Crippen LogP contribution is -2.47. The lowest BCUT2D eigenvalue weighted by Gasteiger charge is -2.37. The number of alkyl halides is 2. The average Bonchev–Trinajstić information content (AvgIpc) is 2.53. The van der Waals surface area contributed by atoms with E-state index in [0.29, 0.717) is 18.7 Å². The van der Waals surface area contributed by atoms with E-state index < -0.39 is 6.61 Å². The topological polar surface area (TPSA) is 59.6 Å². The molecule has 1 amide bonds. The van der Waals surface area contributed by atoms with Gasteiger partial charge in [-0.25, -0.2) is 0 Å². The number of carbonyl (C=O) groups excluding carboxylic acids is 1. The molecule has 2 N–H and O–H groups in total. The van der Waals surface area contributed by atoms with Crippen LogP contribution in [0.4, 0.5) is 8.78 Å². The molecule has 1 aliphatic rings. The molecule has 136 valence electrons. The van der Waals surface area contributed by atoms with Gasteiger partial charge in [0.2, 0.25) is 0 Å². The fourth-order valence-electron chi connectivity index (χ4n) is 2.82. The number of amides is 1. The van der Waals surface area contributed by atoms with Gasteiger partial charge in [0.05, 0.1) is 6.61 Å². The molecule has 24 heavy (non-hydrogen) atoms. The summed E-state index contributed by atoms with van der Waals surface area (Å²) in [6, 6.07) is 5.79. The highest BCUT2D eigenvalue weighted by molar-refractivity contribution is 5.94. The first-order chi connectivity index (χ1) is 11.0. The van der Waals surface area contributed by atoms with Gasteiger partial charge in [-0.3, -0.25) is 4.79 Å². The number of ether oxygens (including phenoxy) is 2. The van der Waals surface area contributed by atoms with E-state index in [-0.39, 0.29) is 29.5 Å². The molecule has 0 bridgehead atoms. The molecule has 0 saturated carbocycles. The fourth-order valence-corrected chi connectivity index (χ4v) is 2.82. The van der Waals surface area contributed by atoms with E-state index in [9.17, 15) is 13.6 Å². The number of hydrogen-bond acceptors (Lipinski definition) is 4. The lowest BCUT2D eigenvalue weighted by atomic mass is 9.79. The maximum Gasteiger partial charge on any atom is 0.387 e. The molecule has 1 aliphatic heterocycles. The molecule has 1 aromatic rings. The Kier molecular flexibility index (Phi) is 8.38. The summed E-state index contributed by atoms with van der Waals surface area (Å²) in [6.45, 7) is -0.0772. The van der Waals surface area contributed by atoms with Gasteiger partial charge in [-0.15, -0.1) is 12.4 Å². The molecule has 0 spiro atoms. The molecule has 0 aromatic heterocycles. The third-order valence-electron chi connectivity index (χ3n) is 4.06. The molecular weight excluding hydrogens is 342 g/mol. The molecule has 0 unspecified atom stereocenters. The normalized spacial score (nSPS) is 16.3. The number of carbonyl (C=O) groups is 1. The van der Waals surface area contributed by atoms with Crippen molar-refractivity contribution in [3.8, 4) is 5.75 Å². The maximum atomic E-state index is 12.3. The van der Waals surface area contributed by atoms with Gasteiger partial charge >= 0.3 is 6.61 Å². The second-order valence-electron chi connectivity index (χ2n) is 5.77. The van der Waals surface area contributed by atoms with Crippen LogP contribution >= 0.6 is 12.4 Å². The summed E-state index contributed by atoms with van der Waals surface area (Å²) >= 11 is 0. The van der Waals surface area contributed by atoms with Gasteiger partial charge in [-0.2, -0.15) is 8.78 Å². The molecule has 0 radical (unpaired) electrons. The third kappa shape index (κ3) is 5.89. The number of nitrogens with one attached hydrogen (secondary N) is 2. The standard InChI is InChI=1S/C16H22F2N2O3.ClH/c1-22-11-16(5-7-19-8-6-16)10-20-14(21)12-3-2-4-13(9-12)23-15(17)18;/h2-4,9,15,19H,5-8,10-11H2,1H3,(H,20,21);1H. The van der Waals surface area contributed by atoms with Gasteiger partial charge in [0.25, 0.3) is 5.91 Å². The largest absolute Gasteiger partial charge is 0.435 e. The van der Waals surface area contributed by atoms with E-state index in [1.54, 1.807) is 13.2 Å². The van der Waals surface area contributed by atoms with Crippen LogP contribution in [0.2, 0.25) is 0 Å². The number of halogens is 3. The number of methoxy groups -OCH3 is 1. The van der Waals surface area contributed by atoms with Crippen LogP contribution in [0, 0.1) is 5.41 Å². The van der Waals surface area contributed by atoms with Gasteiger partial charge in [-0.05, 0) is 44.1 Å². The van der Waals surface area contributed by atoms with Gasteiger partial charge in [-0.1, -0.05) is 6.07 Å². The van der Waals surface area contributed by atoms with E-state index >= 15 is 0 Å². The zero-order valence-electron chi connectivity index (χ0n) is 13.5. The summed E-state index contributed by atoms with van der Waals surface area (Å²) in [4.78, 5) is 12.3. The van der Waals surface area contributed by atoms with Crippen LogP contribution in [0.25, 0.3) is 0 Å². The SMILES string of the molecule is COCC1(CNC(=O)c2cccc(OC(F)F)c2)CCNCC1.Cl. The minimum atomic E-state index is -2.91. The Morgan fingerprint density at radius 3 is 2.71 bits per heavy atom. The van der Waals surface area contributed by atoms with Gasteiger partial charge in [0.1, 0.15) is 5.75 Å². The lowest BCUT2D eigenvalue weighted by molar-refractivity contribution is -0.0498. The summed E-state index contributed by atoms with van der Waals surface area (Å²) in [5.41, 5.74) is 0.205. The van der Waals surface area contributed by atoms with Gasteiger partial charge in [0, 0.05) is 24.6 Å². The van der Waals surface area contributed by atoms with Crippen LogP contribution in [0.15, 0.2) is 24.3 Å². The number of rotatable bonds is 7. The van der Waals surface area contributed by atoms with Crippen molar-refractivity contribution in [1.29, 1.82) is 0 Å². The quantitative estimate of drug-likeness (QED) is 0.780. The minimum absolute atomic E-state index is 0. The Bertz CT molecular complexity index is 520. The van der Waals surface area contributed by atoms with Crippen molar-refractivity contribution in [1.82, 2.24) is 10.6 Å². The summed E-state index contributed by atoms with van der Waals surface area (Å²) < 4.78 is 34.1. The fraction of sp³-hybridized carbons (Fsp3) is 0.562. The Morgan fingerprint density at radius 2 is 2.08 bits per heavy atom. The Labute approximate surface area is 146 Å². The van der Waals surface area contributed by atoms with E-state index in [2.05, 4.69) is 15.4 Å². The summed E-state index contributed by atoms with van der Waals surface area (Å²) in [6.07, 6.45) is 1.82. The first-order valence-corrected chi connectivity index (χ1v) is 7.57. The first kappa shape index (κ1) is 20.6. The monoisotopic (exact) mass is 364 g/mol. The molecule has 8 heteroatoms. The van der Waals surface area contributed by atoms with Crippen LogP contribution in [-0.2, 0) is 4.74 Å². The molecular formula is C16H23ClF2N2O3. The van der Waals surface area contributed by atoms with Crippen molar-refractivity contribution < 1.29 is 23.0 Å². The molecule has 0 atom stereocenters. The molecule has 2 rings (SSSR count). The van der Waals surface area contributed by atoms with Crippen LogP contribution in [0.5, 0.6) is 5.75 Å². The van der Waals surface area contributed by atoms with Crippen LogP contribution in [0.1, 0.15) is 23.2 Å². The first-order valence-electron chi connectivity index (χ1n) is 7.57. The van der Waals surface area contributed by atoms with Gasteiger partial charge < -0.3 is 20.1 Å². The number of hydrogen-bond donors (Lipinski definition) is 2. The Hall–Kier alpha value is -1.44. The summed E-state index contributed by atoms with van der Waals surface area (Å²) in [5.74, 6) is -0.333. The minimum Gasteiger partial charge on any atom is -0.435 e. The predicted octanol–water partition coefficient (Wildman–Crippen LogP) is 2.46. The highest BCUT2D eigenvalue weighted by Gasteiger charge is 2.32. The molecule has 1 heterocycles. The molecule has 1 fully saturated rings. The van der Waals surface area contributed by atoms with Crippen LogP contribution < -0.4 is 15.4 Å². The van der Waals surface area contributed by atoms with Crippen LogP contribution in [0.3, 0.4) is 0 Å².